The number of rotatable bonds is 5. The molecule has 1 fully saturated rings. The van der Waals surface area contributed by atoms with Crippen molar-refractivity contribution in [3.63, 3.8) is 0 Å². The molecule has 0 spiro atoms. The number of anilines is 1. The van der Waals surface area contributed by atoms with Gasteiger partial charge in [-0.15, -0.1) is 0 Å². The van der Waals surface area contributed by atoms with Crippen molar-refractivity contribution in [2.75, 3.05) is 11.9 Å². The van der Waals surface area contributed by atoms with Gasteiger partial charge in [0.05, 0.1) is 0 Å². The number of hydrogen-bond acceptors (Lipinski definition) is 3. The van der Waals surface area contributed by atoms with Crippen molar-refractivity contribution in [1.29, 1.82) is 0 Å². The molecular weight excluding hydrogens is 330 g/mol. The van der Waals surface area contributed by atoms with E-state index in [2.05, 4.69) is 17.6 Å². The molecule has 2 aromatic rings. The molecule has 0 aliphatic carbocycles. The quantitative estimate of drug-likeness (QED) is 0.813. The molecule has 3 rings (SSSR count). The van der Waals surface area contributed by atoms with Gasteiger partial charge in [-0.25, -0.2) is 4.79 Å². The Hall–Kier alpha value is -3.15. The van der Waals surface area contributed by atoms with E-state index >= 15 is 0 Å². The number of hydrogen-bond donors (Lipinski definition) is 2. The normalized spacial score (nSPS) is 19.4. The second-order valence-electron chi connectivity index (χ2n) is 6.41. The minimum absolute atomic E-state index is 0.331. The van der Waals surface area contributed by atoms with Crippen molar-refractivity contribution < 1.29 is 14.4 Å². The summed E-state index contributed by atoms with van der Waals surface area (Å²) in [4.78, 5) is 38.3. The summed E-state index contributed by atoms with van der Waals surface area (Å²) in [6.07, 6.45) is 0.911. The summed E-state index contributed by atoms with van der Waals surface area (Å²) in [5.74, 6) is -0.861. The molecule has 1 saturated heterocycles. The number of nitrogens with zero attached hydrogens (tertiary/aromatic N) is 1. The fraction of sp³-hybridized carbons (Fsp3) is 0.250. The van der Waals surface area contributed by atoms with Gasteiger partial charge in [0.15, 0.2) is 0 Å². The summed E-state index contributed by atoms with van der Waals surface area (Å²) < 4.78 is 0. The third kappa shape index (κ3) is 3.31. The lowest BCUT2D eigenvalue weighted by Gasteiger charge is -2.22. The van der Waals surface area contributed by atoms with Crippen LogP contribution in [0.2, 0.25) is 0 Å². The monoisotopic (exact) mass is 351 g/mol. The largest absolute Gasteiger partial charge is 0.325 e. The van der Waals surface area contributed by atoms with Crippen LogP contribution in [0.3, 0.4) is 0 Å². The van der Waals surface area contributed by atoms with E-state index in [1.807, 2.05) is 18.2 Å². The number of benzene rings is 2. The van der Waals surface area contributed by atoms with Gasteiger partial charge < -0.3 is 10.6 Å². The highest BCUT2D eigenvalue weighted by Crippen LogP contribution is 2.28. The maximum absolute atomic E-state index is 12.8. The van der Waals surface area contributed by atoms with Crippen molar-refractivity contribution in [3.8, 4) is 0 Å². The summed E-state index contributed by atoms with van der Waals surface area (Å²) in [6.45, 7) is 3.36. The number of nitrogens with one attached hydrogen (secondary N) is 2. The van der Waals surface area contributed by atoms with Crippen LogP contribution in [0.15, 0.2) is 54.6 Å². The topological polar surface area (TPSA) is 78.5 Å². The molecule has 0 bridgehead atoms. The fourth-order valence-electron chi connectivity index (χ4n) is 2.98. The molecule has 1 aliphatic rings. The van der Waals surface area contributed by atoms with Crippen molar-refractivity contribution in [3.05, 3.63) is 65.7 Å². The first kappa shape index (κ1) is 17.7. The number of carbonyl (C=O) groups is 3. The third-order valence-electron chi connectivity index (χ3n) is 4.57. The van der Waals surface area contributed by atoms with E-state index in [0.717, 1.165) is 16.9 Å². The highest BCUT2D eigenvalue weighted by Gasteiger charge is 2.49. The third-order valence-corrected chi connectivity index (χ3v) is 4.57. The van der Waals surface area contributed by atoms with E-state index in [4.69, 9.17) is 0 Å². The van der Waals surface area contributed by atoms with E-state index in [1.54, 1.807) is 43.3 Å². The Morgan fingerprint density at radius 1 is 1.08 bits per heavy atom. The van der Waals surface area contributed by atoms with Gasteiger partial charge in [-0.1, -0.05) is 49.4 Å². The first-order valence-electron chi connectivity index (χ1n) is 8.52. The first-order valence-corrected chi connectivity index (χ1v) is 8.52. The minimum atomic E-state index is -1.17. The molecule has 6 nitrogen and oxygen atoms in total. The zero-order valence-corrected chi connectivity index (χ0v) is 14.8. The Kier molecular flexibility index (Phi) is 4.75. The van der Waals surface area contributed by atoms with Crippen molar-refractivity contribution in [2.45, 2.75) is 25.8 Å². The molecule has 134 valence electrons. The summed E-state index contributed by atoms with van der Waals surface area (Å²) in [7, 11) is 0. The lowest BCUT2D eigenvalue weighted by Crippen LogP contribution is -2.42. The van der Waals surface area contributed by atoms with Crippen LogP contribution in [-0.2, 0) is 21.5 Å². The number of imide groups is 1. The molecule has 2 aromatic carbocycles. The molecule has 1 aliphatic heterocycles. The molecule has 4 amide bonds. The zero-order chi connectivity index (χ0) is 18.7. The highest BCUT2D eigenvalue weighted by atomic mass is 16.2. The molecule has 0 aromatic heterocycles. The van der Waals surface area contributed by atoms with Crippen LogP contribution in [0.1, 0.15) is 25.0 Å². The van der Waals surface area contributed by atoms with E-state index in [-0.39, 0.29) is 6.54 Å². The zero-order valence-electron chi connectivity index (χ0n) is 14.8. The van der Waals surface area contributed by atoms with Gasteiger partial charge in [0.1, 0.15) is 12.1 Å². The Morgan fingerprint density at radius 2 is 1.73 bits per heavy atom. The fourth-order valence-corrected chi connectivity index (χ4v) is 2.98. The Balaban J connectivity index is 1.70. The molecule has 6 heteroatoms. The van der Waals surface area contributed by atoms with Crippen molar-refractivity contribution in [1.82, 2.24) is 10.2 Å². The molecule has 2 N–H and O–H groups in total. The maximum atomic E-state index is 12.8. The van der Waals surface area contributed by atoms with Crippen LogP contribution < -0.4 is 10.6 Å². The maximum Gasteiger partial charge on any atom is 0.325 e. The van der Waals surface area contributed by atoms with E-state index < -0.39 is 23.4 Å². The SMILES string of the molecule is CCc1ccc(NC(=O)CN2C(=O)N[C@@](C)(c3ccccc3)C2=O)cc1. The van der Waals surface area contributed by atoms with Crippen molar-refractivity contribution in [2.24, 2.45) is 0 Å². The van der Waals surface area contributed by atoms with E-state index in [0.29, 0.717) is 11.3 Å². The number of amides is 4. The second-order valence-corrected chi connectivity index (χ2v) is 6.41. The number of carbonyl (C=O) groups excluding carboxylic acids is 3. The van der Waals surface area contributed by atoms with Crippen LogP contribution in [0.4, 0.5) is 10.5 Å². The van der Waals surface area contributed by atoms with Crippen LogP contribution >= 0.6 is 0 Å². The smallest absolute Gasteiger partial charge is 0.325 e. The highest BCUT2D eigenvalue weighted by molar-refractivity contribution is 6.10. The summed E-state index contributed by atoms with van der Waals surface area (Å²) in [5.41, 5.74) is 1.30. The standard InChI is InChI=1S/C20H21N3O3/c1-3-14-9-11-16(12-10-14)21-17(24)13-23-18(25)20(2,22-19(23)26)15-7-5-4-6-8-15/h4-12H,3,13H2,1-2H3,(H,21,24)(H,22,26)/t20-/m0/s1. The van der Waals surface area contributed by atoms with Crippen molar-refractivity contribution >= 4 is 23.5 Å². The predicted molar refractivity (Wildman–Crippen MR) is 98.5 cm³/mol. The van der Waals surface area contributed by atoms with Gasteiger partial charge in [0, 0.05) is 5.69 Å². The average molecular weight is 351 g/mol. The number of urea groups is 1. The van der Waals surface area contributed by atoms with Gasteiger partial charge >= 0.3 is 6.03 Å². The second kappa shape index (κ2) is 7.00. The Labute approximate surface area is 152 Å². The van der Waals surface area contributed by atoms with Crippen LogP contribution in [0.25, 0.3) is 0 Å². The molecule has 0 saturated carbocycles. The Bertz CT molecular complexity index is 833. The molecule has 0 radical (unpaired) electrons. The van der Waals surface area contributed by atoms with Crippen LogP contribution in [-0.4, -0.2) is 29.3 Å². The molecule has 26 heavy (non-hydrogen) atoms. The first-order chi connectivity index (χ1) is 12.4. The van der Waals surface area contributed by atoms with Gasteiger partial charge in [-0.2, -0.15) is 0 Å². The van der Waals surface area contributed by atoms with Gasteiger partial charge in [0.25, 0.3) is 5.91 Å². The van der Waals surface area contributed by atoms with Gasteiger partial charge in [-0.05, 0) is 36.6 Å². The lowest BCUT2D eigenvalue weighted by atomic mass is 9.92. The van der Waals surface area contributed by atoms with Crippen LogP contribution in [0.5, 0.6) is 0 Å². The molecule has 0 unspecified atom stereocenters. The molecular formula is C20H21N3O3. The average Bonchev–Trinajstić information content (AvgIpc) is 2.87. The van der Waals surface area contributed by atoms with E-state index in [9.17, 15) is 14.4 Å². The number of aryl methyl sites for hydroxylation is 1. The van der Waals surface area contributed by atoms with Gasteiger partial charge in [0.2, 0.25) is 5.91 Å². The van der Waals surface area contributed by atoms with Gasteiger partial charge in [-0.3, -0.25) is 14.5 Å². The Morgan fingerprint density at radius 3 is 2.35 bits per heavy atom. The van der Waals surface area contributed by atoms with Crippen LogP contribution in [0, 0.1) is 0 Å². The predicted octanol–water partition coefficient (Wildman–Crippen LogP) is 2.65. The summed E-state index contributed by atoms with van der Waals surface area (Å²) in [5, 5.41) is 5.40. The molecule has 1 heterocycles. The summed E-state index contributed by atoms with van der Waals surface area (Å²) in [6, 6.07) is 15.9. The molecule has 1 atom stereocenters. The minimum Gasteiger partial charge on any atom is -0.325 e. The summed E-state index contributed by atoms with van der Waals surface area (Å²) >= 11 is 0. The van der Waals surface area contributed by atoms with E-state index in [1.165, 1.54) is 0 Å². The lowest BCUT2D eigenvalue weighted by molar-refractivity contribution is -0.133.